The van der Waals surface area contributed by atoms with Crippen molar-refractivity contribution >= 4 is 11.1 Å². The molecule has 0 saturated carbocycles. The Balaban J connectivity index is 1.42. The van der Waals surface area contributed by atoms with Gasteiger partial charge < -0.3 is 19.7 Å². The normalized spacial score (nSPS) is 18.9. The van der Waals surface area contributed by atoms with E-state index in [4.69, 9.17) is 9.47 Å². The van der Waals surface area contributed by atoms with Crippen LogP contribution in [0.1, 0.15) is 49.5 Å². The molecule has 2 N–H and O–H groups in total. The maximum absolute atomic E-state index is 10.0. The number of rotatable bonds is 6. The second kappa shape index (κ2) is 9.43. The molecule has 0 spiro atoms. The van der Waals surface area contributed by atoms with Crippen LogP contribution >= 0.6 is 0 Å². The second-order valence-corrected chi connectivity index (χ2v) is 9.24. The largest absolute Gasteiger partial charge is 0.508 e. The summed E-state index contributed by atoms with van der Waals surface area (Å²) in [6.07, 6.45) is 2.20. The lowest BCUT2D eigenvalue weighted by atomic mass is 9.86. The van der Waals surface area contributed by atoms with Crippen LogP contribution in [0.4, 0.5) is 0 Å². The molecule has 1 unspecified atom stereocenters. The quantitative estimate of drug-likeness (QED) is 0.474. The van der Waals surface area contributed by atoms with Crippen molar-refractivity contribution in [2.45, 2.75) is 38.8 Å². The van der Waals surface area contributed by atoms with E-state index in [9.17, 15) is 10.2 Å². The van der Waals surface area contributed by atoms with Gasteiger partial charge in [0, 0.05) is 23.2 Å². The highest BCUT2D eigenvalue weighted by molar-refractivity contribution is 5.95. The Morgan fingerprint density at radius 3 is 2.32 bits per heavy atom. The summed E-state index contributed by atoms with van der Waals surface area (Å²) in [5, 5.41) is 19.8. The van der Waals surface area contributed by atoms with Gasteiger partial charge in [0.25, 0.3) is 0 Å². The van der Waals surface area contributed by atoms with Crippen LogP contribution in [0.15, 0.2) is 66.7 Å². The van der Waals surface area contributed by atoms with Crippen LogP contribution < -0.4 is 9.47 Å². The average Bonchev–Trinajstić information content (AvgIpc) is 3.39. The van der Waals surface area contributed by atoms with Gasteiger partial charge in [0.1, 0.15) is 35.7 Å². The first kappa shape index (κ1) is 22.4. The Kier molecular flexibility index (Phi) is 6.20. The molecule has 2 heterocycles. The highest BCUT2D eigenvalue weighted by Crippen LogP contribution is 2.47. The fraction of sp³-hybridized carbons (Fsp3) is 0.310. The van der Waals surface area contributed by atoms with E-state index in [1.54, 1.807) is 24.3 Å². The fourth-order valence-electron chi connectivity index (χ4n) is 4.93. The van der Waals surface area contributed by atoms with E-state index in [1.165, 1.54) is 12.8 Å². The Morgan fingerprint density at radius 2 is 1.62 bits per heavy atom. The van der Waals surface area contributed by atoms with Crippen LogP contribution in [0.5, 0.6) is 23.0 Å². The number of phenols is 2. The number of benzene rings is 3. The van der Waals surface area contributed by atoms with Crippen molar-refractivity contribution in [3.63, 3.8) is 0 Å². The van der Waals surface area contributed by atoms with Gasteiger partial charge in [-0.2, -0.15) is 0 Å². The van der Waals surface area contributed by atoms with Gasteiger partial charge in [0.15, 0.2) is 0 Å². The van der Waals surface area contributed by atoms with Crippen LogP contribution in [0.3, 0.4) is 0 Å². The lowest BCUT2D eigenvalue weighted by Gasteiger charge is -2.31. The third-order valence-electron chi connectivity index (χ3n) is 6.90. The average molecular weight is 458 g/mol. The minimum Gasteiger partial charge on any atom is -0.508 e. The van der Waals surface area contributed by atoms with Crippen molar-refractivity contribution in [1.29, 1.82) is 0 Å². The molecule has 1 saturated heterocycles. The minimum absolute atomic E-state index is 0.175. The summed E-state index contributed by atoms with van der Waals surface area (Å²) in [5.41, 5.74) is 5.05. The molecular weight excluding hydrogens is 426 g/mol. The molecule has 0 radical (unpaired) electrons. The maximum Gasteiger partial charge on any atom is 0.150 e. The number of nitrogens with zero attached hydrogens (tertiary/aromatic N) is 1. The van der Waals surface area contributed by atoms with Gasteiger partial charge in [-0.15, -0.1) is 0 Å². The van der Waals surface area contributed by atoms with Gasteiger partial charge in [-0.25, -0.2) is 0 Å². The number of likely N-dealkylation sites (tertiary alicyclic amines) is 1. The van der Waals surface area contributed by atoms with Crippen LogP contribution in [-0.2, 0) is 0 Å². The van der Waals surface area contributed by atoms with Gasteiger partial charge in [0.2, 0.25) is 0 Å². The molecule has 5 nitrogen and oxygen atoms in total. The summed E-state index contributed by atoms with van der Waals surface area (Å²) in [6.45, 7) is 7.28. The monoisotopic (exact) mass is 457 g/mol. The number of ether oxygens (including phenoxy) is 2. The van der Waals surface area contributed by atoms with Crippen molar-refractivity contribution in [2.75, 3.05) is 19.7 Å². The molecule has 2 aliphatic rings. The molecule has 0 amide bonds. The van der Waals surface area contributed by atoms with E-state index < -0.39 is 0 Å². The van der Waals surface area contributed by atoms with E-state index in [1.807, 2.05) is 42.5 Å². The molecule has 176 valence electrons. The molecule has 0 bridgehead atoms. The highest BCUT2D eigenvalue weighted by atomic mass is 16.5. The third kappa shape index (κ3) is 4.48. The van der Waals surface area contributed by atoms with Crippen LogP contribution in [0.25, 0.3) is 11.1 Å². The van der Waals surface area contributed by atoms with Gasteiger partial charge >= 0.3 is 0 Å². The summed E-state index contributed by atoms with van der Waals surface area (Å²) < 4.78 is 12.5. The Bertz CT molecular complexity index is 1180. The highest BCUT2D eigenvalue weighted by Gasteiger charge is 2.29. The van der Waals surface area contributed by atoms with E-state index in [0.29, 0.717) is 18.4 Å². The molecule has 0 aromatic heterocycles. The smallest absolute Gasteiger partial charge is 0.150 e. The Labute approximate surface area is 200 Å². The molecule has 3 aromatic rings. The minimum atomic E-state index is -0.351. The van der Waals surface area contributed by atoms with Crippen molar-refractivity contribution in [3.05, 3.63) is 83.4 Å². The Morgan fingerprint density at radius 1 is 0.941 bits per heavy atom. The van der Waals surface area contributed by atoms with Gasteiger partial charge in [0.05, 0.1) is 0 Å². The number of hydrogen-bond acceptors (Lipinski definition) is 5. The lowest BCUT2D eigenvalue weighted by Crippen LogP contribution is -2.34. The van der Waals surface area contributed by atoms with Crippen LogP contribution in [-0.4, -0.2) is 40.9 Å². The molecule has 2 aliphatic heterocycles. The van der Waals surface area contributed by atoms with Crippen molar-refractivity contribution < 1.29 is 19.7 Å². The van der Waals surface area contributed by atoms with E-state index in [0.717, 1.165) is 46.7 Å². The van der Waals surface area contributed by atoms with Crippen molar-refractivity contribution in [1.82, 2.24) is 4.90 Å². The number of allylic oxidation sites excluding steroid dienone is 1. The van der Waals surface area contributed by atoms with Crippen LogP contribution in [0, 0.1) is 0 Å². The summed E-state index contributed by atoms with van der Waals surface area (Å²) in [6, 6.07) is 20.9. The molecule has 2 atom stereocenters. The summed E-state index contributed by atoms with van der Waals surface area (Å²) in [7, 11) is 0. The standard InChI is InChI=1S/C29H31NO4/c1-19(30-15-3-4-16-30)18-33-25-12-7-22(8-13-25)29-28(21-5-9-23(31)10-6-21)20(2)26-14-11-24(32)17-27(26)34-29/h5-14,17,19,29,31-32H,3-4,15-16,18H2,1-2H3/t19-,29?/m0/s1. The predicted octanol–water partition coefficient (Wildman–Crippen LogP) is 6.03. The molecular formula is C29H31NO4. The molecule has 5 heteroatoms. The van der Waals surface area contributed by atoms with Gasteiger partial charge in [-0.3, -0.25) is 4.90 Å². The predicted molar refractivity (Wildman–Crippen MR) is 134 cm³/mol. The molecule has 3 aromatic carbocycles. The van der Waals surface area contributed by atoms with Gasteiger partial charge in [-0.05, 0) is 92.9 Å². The molecule has 0 aliphatic carbocycles. The zero-order chi connectivity index (χ0) is 23.7. The summed E-state index contributed by atoms with van der Waals surface area (Å²) >= 11 is 0. The molecule has 5 rings (SSSR count). The summed E-state index contributed by atoms with van der Waals surface area (Å²) in [4.78, 5) is 2.48. The topological polar surface area (TPSA) is 62.2 Å². The maximum atomic E-state index is 10.0. The molecule has 1 fully saturated rings. The molecule has 34 heavy (non-hydrogen) atoms. The van der Waals surface area contributed by atoms with Crippen molar-refractivity contribution in [2.24, 2.45) is 0 Å². The van der Waals surface area contributed by atoms with E-state index in [-0.39, 0.29) is 17.6 Å². The zero-order valence-electron chi connectivity index (χ0n) is 19.7. The number of phenolic OH excluding ortho intramolecular Hbond substituents is 2. The first-order valence-electron chi connectivity index (χ1n) is 12.0. The lowest BCUT2D eigenvalue weighted by molar-refractivity contribution is 0.172. The fourth-order valence-corrected chi connectivity index (χ4v) is 4.93. The number of hydrogen-bond donors (Lipinski definition) is 2. The van der Waals surface area contributed by atoms with E-state index >= 15 is 0 Å². The van der Waals surface area contributed by atoms with Crippen molar-refractivity contribution in [3.8, 4) is 23.0 Å². The first-order chi connectivity index (χ1) is 16.5. The number of fused-ring (bicyclic) bond motifs is 1. The second-order valence-electron chi connectivity index (χ2n) is 9.24. The third-order valence-corrected chi connectivity index (χ3v) is 6.90. The van der Waals surface area contributed by atoms with Crippen LogP contribution in [0.2, 0.25) is 0 Å². The summed E-state index contributed by atoms with van der Waals surface area (Å²) in [5.74, 6) is 1.90. The van der Waals surface area contributed by atoms with E-state index in [2.05, 4.69) is 18.7 Å². The SMILES string of the molecule is CC1=C(c2ccc(O)cc2)C(c2ccc(OC[C@H](C)N3CCCC3)cc2)Oc2cc(O)ccc21. The Hall–Kier alpha value is -3.44. The first-order valence-corrected chi connectivity index (χ1v) is 12.0. The number of aromatic hydroxyl groups is 2. The van der Waals surface area contributed by atoms with Gasteiger partial charge in [-0.1, -0.05) is 24.3 Å². The zero-order valence-corrected chi connectivity index (χ0v) is 19.7.